The predicted molar refractivity (Wildman–Crippen MR) is 89.5 cm³/mol. The lowest BCUT2D eigenvalue weighted by Crippen LogP contribution is -2.46. The summed E-state index contributed by atoms with van der Waals surface area (Å²) in [6, 6.07) is 4.90. The molecule has 0 saturated carbocycles. The van der Waals surface area contributed by atoms with Crippen LogP contribution >= 0.6 is 35.4 Å². The van der Waals surface area contributed by atoms with Gasteiger partial charge in [-0.15, -0.1) is 0 Å². The molecule has 0 radical (unpaired) electrons. The minimum Gasteiger partial charge on any atom is -0.351 e. The minimum absolute atomic E-state index is 0.115. The van der Waals surface area contributed by atoms with Crippen molar-refractivity contribution in [2.24, 2.45) is 0 Å². The Morgan fingerprint density at radius 1 is 1.33 bits per heavy atom. The van der Waals surface area contributed by atoms with Crippen LogP contribution in [-0.4, -0.2) is 30.0 Å². The molecule has 112 valence electrons. The summed E-state index contributed by atoms with van der Waals surface area (Å²) in [6.45, 7) is 1.81. The molecule has 1 unspecified atom stereocenters. The van der Waals surface area contributed by atoms with Gasteiger partial charge in [0, 0.05) is 19.8 Å². The molecule has 0 aliphatic carbocycles. The third-order valence-electron chi connectivity index (χ3n) is 3.20. The molecular weight excluding hydrogens is 329 g/mol. The summed E-state index contributed by atoms with van der Waals surface area (Å²) in [6.07, 6.45) is 0. The average molecular weight is 344 g/mol. The molecule has 0 spiro atoms. The molecule has 7 heteroatoms. The normalized spacial score (nSPS) is 18.1. The number of rotatable bonds is 2. The number of carbonyl (C=O) groups excluding carboxylic acids is 1. The van der Waals surface area contributed by atoms with E-state index >= 15 is 0 Å². The highest BCUT2D eigenvalue weighted by Gasteiger charge is 2.32. The summed E-state index contributed by atoms with van der Waals surface area (Å²) in [5.41, 5.74) is 1.99. The van der Waals surface area contributed by atoms with E-state index in [1.54, 1.807) is 26.2 Å². The number of nitrogens with one attached hydrogen (secondary N) is 2. The Morgan fingerprint density at radius 2 is 2.00 bits per heavy atom. The SMILES string of the molecule is CC1=C(C(=O)N(C)C)C(c2cccc(Cl)c2Cl)NC(=S)N1. The number of hydrogen-bond donors (Lipinski definition) is 2. The third-order valence-corrected chi connectivity index (χ3v) is 4.25. The molecule has 1 aromatic carbocycles. The number of carbonyl (C=O) groups is 1. The maximum Gasteiger partial charge on any atom is 0.253 e. The number of thiocarbonyl (C=S) groups is 1. The zero-order valence-electron chi connectivity index (χ0n) is 11.8. The molecule has 1 aliphatic heterocycles. The van der Waals surface area contributed by atoms with Gasteiger partial charge in [0.2, 0.25) is 0 Å². The van der Waals surface area contributed by atoms with Crippen LogP contribution in [0.4, 0.5) is 0 Å². The lowest BCUT2D eigenvalue weighted by Gasteiger charge is -2.32. The van der Waals surface area contributed by atoms with Gasteiger partial charge in [-0.05, 0) is 30.8 Å². The van der Waals surface area contributed by atoms with Crippen LogP contribution in [-0.2, 0) is 4.79 Å². The zero-order chi connectivity index (χ0) is 15.7. The fourth-order valence-electron chi connectivity index (χ4n) is 2.19. The van der Waals surface area contributed by atoms with Crippen molar-refractivity contribution in [3.8, 4) is 0 Å². The Morgan fingerprint density at radius 3 is 2.62 bits per heavy atom. The maximum atomic E-state index is 12.5. The van der Waals surface area contributed by atoms with Crippen LogP contribution in [0.25, 0.3) is 0 Å². The quantitative estimate of drug-likeness (QED) is 0.810. The van der Waals surface area contributed by atoms with Crippen molar-refractivity contribution in [3.63, 3.8) is 0 Å². The first-order chi connectivity index (χ1) is 9.82. The van der Waals surface area contributed by atoms with Gasteiger partial charge in [-0.2, -0.15) is 0 Å². The van der Waals surface area contributed by atoms with E-state index < -0.39 is 6.04 Å². The number of benzene rings is 1. The van der Waals surface area contributed by atoms with Crippen LogP contribution in [0.3, 0.4) is 0 Å². The summed E-state index contributed by atoms with van der Waals surface area (Å²) in [5, 5.41) is 7.37. The van der Waals surface area contributed by atoms with Crippen molar-refractivity contribution < 1.29 is 4.79 Å². The van der Waals surface area contributed by atoms with Crippen molar-refractivity contribution in [2.45, 2.75) is 13.0 Å². The van der Waals surface area contributed by atoms with Crippen LogP contribution in [0, 0.1) is 0 Å². The lowest BCUT2D eigenvalue weighted by molar-refractivity contribution is -0.125. The summed E-state index contributed by atoms with van der Waals surface area (Å²) in [7, 11) is 3.40. The number of allylic oxidation sites excluding steroid dienone is 1. The first-order valence-electron chi connectivity index (χ1n) is 6.26. The average Bonchev–Trinajstić information content (AvgIpc) is 2.40. The molecule has 0 saturated heterocycles. The second kappa shape index (κ2) is 6.22. The van der Waals surface area contributed by atoms with Gasteiger partial charge in [-0.1, -0.05) is 35.3 Å². The monoisotopic (exact) mass is 343 g/mol. The molecule has 1 heterocycles. The highest BCUT2D eigenvalue weighted by Crippen LogP contribution is 2.35. The molecule has 4 nitrogen and oxygen atoms in total. The molecule has 21 heavy (non-hydrogen) atoms. The fourth-order valence-corrected chi connectivity index (χ4v) is 2.88. The van der Waals surface area contributed by atoms with Crippen LogP contribution in [0.15, 0.2) is 29.5 Å². The smallest absolute Gasteiger partial charge is 0.253 e. The van der Waals surface area contributed by atoms with Gasteiger partial charge in [-0.3, -0.25) is 4.79 Å². The van der Waals surface area contributed by atoms with Gasteiger partial charge in [0.15, 0.2) is 5.11 Å². The van der Waals surface area contributed by atoms with Gasteiger partial charge < -0.3 is 15.5 Å². The van der Waals surface area contributed by atoms with Crippen molar-refractivity contribution in [1.82, 2.24) is 15.5 Å². The van der Waals surface area contributed by atoms with Crippen LogP contribution in [0.2, 0.25) is 10.0 Å². The summed E-state index contributed by atoms with van der Waals surface area (Å²) >= 11 is 17.5. The maximum absolute atomic E-state index is 12.5. The molecule has 1 aliphatic rings. The standard InChI is InChI=1S/C14H15Cl2N3OS/c1-7-10(13(20)19(2)3)12(18-14(21)17-7)8-5-4-6-9(15)11(8)16/h4-6,12H,1-3H3,(H2,17,18,21). The Kier molecular flexibility index (Phi) is 4.76. The van der Waals surface area contributed by atoms with Gasteiger partial charge in [0.1, 0.15) is 0 Å². The highest BCUT2D eigenvalue weighted by molar-refractivity contribution is 7.80. The predicted octanol–water partition coefficient (Wildman–Crippen LogP) is 2.87. The van der Waals surface area contributed by atoms with Gasteiger partial charge in [-0.25, -0.2) is 0 Å². The highest BCUT2D eigenvalue weighted by atomic mass is 35.5. The van der Waals surface area contributed by atoms with E-state index in [9.17, 15) is 4.79 Å². The molecule has 1 atom stereocenters. The number of likely N-dealkylation sites (N-methyl/N-ethyl adjacent to an activating group) is 1. The first kappa shape index (κ1) is 16.1. The Hall–Kier alpha value is -1.30. The van der Waals surface area contributed by atoms with E-state index in [-0.39, 0.29) is 5.91 Å². The Bertz CT molecular complexity index is 643. The fraction of sp³-hybridized carbons (Fsp3) is 0.286. The largest absolute Gasteiger partial charge is 0.351 e. The Labute approximate surface area is 139 Å². The first-order valence-corrected chi connectivity index (χ1v) is 7.43. The van der Waals surface area contributed by atoms with Gasteiger partial charge in [0.25, 0.3) is 5.91 Å². The van der Waals surface area contributed by atoms with E-state index in [0.29, 0.717) is 26.4 Å². The van der Waals surface area contributed by atoms with E-state index in [1.165, 1.54) is 4.90 Å². The summed E-state index contributed by atoms with van der Waals surface area (Å²) in [4.78, 5) is 14.0. The van der Waals surface area contributed by atoms with Gasteiger partial charge in [0.05, 0.1) is 21.7 Å². The van der Waals surface area contributed by atoms with E-state index in [1.807, 2.05) is 13.0 Å². The summed E-state index contributed by atoms with van der Waals surface area (Å²) in [5.74, 6) is -0.115. The molecule has 2 rings (SSSR count). The zero-order valence-corrected chi connectivity index (χ0v) is 14.2. The van der Waals surface area contributed by atoms with Crippen LogP contribution in [0.1, 0.15) is 18.5 Å². The van der Waals surface area contributed by atoms with Crippen molar-refractivity contribution in [2.75, 3.05) is 14.1 Å². The molecule has 1 amide bonds. The minimum atomic E-state index is -0.431. The molecular formula is C14H15Cl2N3OS. The number of hydrogen-bond acceptors (Lipinski definition) is 2. The molecule has 0 aromatic heterocycles. The number of halogens is 2. The molecule has 0 fully saturated rings. The summed E-state index contributed by atoms with van der Waals surface area (Å²) < 4.78 is 0. The van der Waals surface area contributed by atoms with Crippen molar-refractivity contribution >= 4 is 46.4 Å². The second-order valence-corrected chi connectivity index (χ2v) is 6.11. The van der Waals surface area contributed by atoms with Gasteiger partial charge >= 0.3 is 0 Å². The van der Waals surface area contributed by atoms with Crippen molar-refractivity contribution in [3.05, 3.63) is 45.1 Å². The third kappa shape index (κ3) is 3.15. The molecule has 0 bridgehead atoms. The van der Waals surface area contributed by atoms with Crippen LogP contribution in [0.5, 0.6) is 0 Å². The van der Waals surface area contributed by atoms with E-state index in [0.717, 1.165) is 5.56 Å². The number of nitrogens with zero attached hydrogens (tertiary/aromatic N) is 1. The number of amides is 1. The van der Waals surface area contributed by atoms with Crippen LogP contribution < -0.4 is 10.6 Å². The lowest BCUT2D eigenvalue weighted by atomic mass is 9.94. The topological polar surface area (TPSA) is 44.4 Å². The Balaban J connectivity index is 2.58. The van der Waals surface area contributed by atoms with E-state index in [4.69, 9.17) is 35.4 Å². The molecule has 1 aromatic rings. The molecule has 2 N–H and O–H groups in total. The van der Waals surface area contributed by atoms with Crippen molar-refractivity contribution in [1.29, 1.82) is 0 Å². The second-order valence-electron chi connectivity index (χ2n) is 4.91. The van der Waals surface area contributed by atoms with E-state index in [2.05, 4.69) is 10.6 Å².